The summed E-state index contributed by atoms with van der Waals surface area (Å²) in [5.74, 6) is 1.17. The number of carbonyl (C=O) groups excluding carboxylic acids is 1. The van der Waals surface area contributed by atoms with Gasteiger partial charge in [0.1, 0.15) is 29.9 Å². The summed E-state index contributed by atoms with van der Waals surface area (Å²) in [6, 6.07) is 1.83. The van der Waals surface area contributed by atoms with Crippen LogP contribution in [-0.4, -0.2) is 67.8 Å². The second-order valence-electron chi connectivity index (χ2n) is 8.46. The molecule has 0 spiro atoms. The van der Waals surface area contributed by atoms with Gasteiger partial charge in [-0.2, -0.15) is 0 Å². The highest BCUT2D eigenvalue weighted by Gasteiger charge is 2.29. The minimum Gasteiger partial charge on any atom is -0.491 e. The van der Waals surface area contributed by atoms with Crippen LogP contribution in [0.2, 0.25) is 0 Å². The summed E-state index contributed by atoms with van der Waals surface area (Å²) in [5, 5.41) is 12.2. The number of aromatic nitrogens is 5. The maximum Gasteiger partial charge on any atom is 0.270 e. The first-order valence-corrected chi connectivity index (χ1v) is 11.3. The number of anilines is 1. The van der Waals surface area contributed by atoms with Gasteiger partial charge in [-0.25, -0.2) is 19.9 Å². The van der Waals surface area contributed by atoms with E-state index in [0.29, 0.717) is 23.7 Å². The van der Waals surface area contributed by atoms with Gasteiger partial charge in [0.15, 0.2) is 11.5 Å². The van der Waals surface area contributed by atoms with Crippen molar-refractivity contribution in [3.8, 4) is 5.75 Å². The zero-order chi connectivity index (χ0) is 22.8. The number of H-pyrrole nitrogens is 1. The maximum absolute atomic E-state index is 12.6. The molecule has 0 radical (unpaired) electrons. The van der Waals surface area contributed by atoms with Crippen LogP contribution in [0.1, 0.15) is 47.9 Å². The summed E-state index contributed by atoms with van der Waals surface area (Å²) in [5.41, 5.74) is 3.56. The zero-order valence-electron chi connectivity index (χ0n) is 18.5. The fourth-order valence-electron chi connectivity index (χ4n) is 4.38. The highest BCUT2D eigenvalue weighted by atomic mass is 16.5. The van der Waals surface area contributed by atoms with Crippen LogP contribution in [0.4, 0.5) is 5.82 Å². The Hall–Kier alpha value is -3.53. The lowest BCUT2D eigenvalue weighted by molar-refractivity contribution is 0.0918. The number of hydrogen-bond acceptors (Lipinski definition) is 8. The Bertz CT molecular complexity index is 1190. The quantitative estimate of drug-likeness (QED) is 0.499. The number of nitrogens with zero attached hydrogens (tertiary/aromatic N) is 5. The summed E-state index contributed by atoms with van der Waals surface area (Å²) in [6.07, 6.45) is 10.3. The molecule has 0 bridgehead atoms. The Balaban J connectivity index is 1.37. The van der Waals surface area contributed by atoms with E-state index in [1.54, 1.807) is 19.3 Å². The van der Waals surface area contributed by atoms with Gasteiger partial charge in [0.25, 0.3) is 5.91 Å². The summed E-state index contributed by atoms with van der Waals surface area (Å²) >= 11 is 0. The molecule has 1 aliphatic carbocycles. The average Bonchev–Trinajstić information content (AvgIpc) is 3.50. The minimum absolute atomic E-state index is 0.135. The number of nitrogens with one attached hydrogen (secondary N) is 2. The van der Waals surface area contributed by atoms with Gasteiger partial charge in [0, 0.05) is 24.7 Å². The van der Waals surface area contributed by atoms with Crippen LogP contribution < -0.4 is 15.0 Å². The molecule has 172 valence electrons. The molecule has 1 fully saturated rings. The van der Waals surface area contributed by atoms with E-state index >= 15 is 0 Å². The smallest absolute Gasteiger partial charge is 0.270 e. The molecular formula is C23H27N7O3. The van der Waals surface area contributed by atoms with E-state index in [2.05, 4.69) is 41.2 Å². The molecule has 4 heterocycles. The molecule has 0 aromatic carbocycles. The van der Waals surface area contributed by atoms with E-state index in [9.17, 15) is 9.90 Å². The van der Waals surface area contributed by atoms with Crippen LogP contribution in [0.25, 0.3) is 17.2 Å². The van der Waals surface area contributed by atoms with E-state index < -0.39 is 6.10 Å². The number of aryl methyl sites for hydroxylation is 1. The lowest BCUT2D eigenvalue weighted by atomic mass is 10.0. The Morgan fingerprint density at radius 1 is 1.39 bits per heavy atom. The predicted molar refractivity (Wildman–Crippen MR) is 123 cm³/mol. The number of carbonyl (C=O) groups is 1. The molecule has 33 heavy (non-hydrogen) atoms. The molecule has 1 unspecified atom stereocenters. The fourth-order valence-corrected chi connectivity index (χ4v) is 4.38. The fraction of sp³-hybridized carbons (Fsp3) is 0.435. The largest absolute Gasteiger partial charge is 0.491 e. The van der Waals surface area contributed by atoms with Crippen LogP contribution in [0.5, 0.6) is 5.75 Å². The number of amides is 1. The number of allylic oxidation sites excluding steroid dienone is 1. The third-order valence-corrected chi connectivity index (χ3v) is 6.01. The molecule has 5 rings (SSSR count). The van der Waals surface area contributed by atoms with Crippen molar-refractivity contribution in [2.24, 2.45) is 0 Å². The number of aliphatic hydroxyl groups excluding tert-OH is 1. The average molecular weight is 450 g/mol. The van der Waals surface area contributed by atoms with E-state index in [-0.39, 0.29) is 18.5 Å². The summed E-state index contributed by atoms with van der Waals surface area (Å²) in [7, 11) is 0. The first-order valence-electron chi connectivity index (χ1n) is 11.3. The SMILES string of the molecule is CC(O)CNC(=O)c1cc(OC[C@H]2CCCN2c2ncnc3nc[nH]c23)c2c(n1)CCC=C2. The van der Waals surface area contributed by atoms with Crippen molar-refractivity contribution in [3.63, 3.8) is 0 Å². The number of aliphatic hydroxyl groups is 1. The molecule has 2 atom stereocenters. The van der Waals surface area contributed by atoms with Gasteiger partial charge in [0.05, 0.1) is 24.2 Å². The number of pyridine rings is 1. The van der Waals surface area contributed by atoms with Crippen LogP contribution in [-0.2, 0) is 6.42 Å². The normalized spacial score (nSPS) is 18.4. The molecule has 10 nitrogen and oxygen atoms in total. The molecule has 1 saturated heterocycles. The lowest BCUT2D eigenvalue weighted by Crippen LogP contribution is -2.35. The molecule has 3 N–H and O–H groups in total. The highest BCUT2D eigenvalue weighted by molar-refractivity contribution is 5.93. The Morgan fingerprint density at radius 2 is 2.30 bits per heavy atom. The van der Waals surface area contributed by atoms with Crippen molar-refractivity contribution in [2.75, 3.05) is 24.6 Å². The minimum atomic E-state index is -0.623. The van der Waals surface area contributed by atoms with Crippen molar-refractivity contribution in [2.45, 2.75) is 44.8 Å². The first-order chi connectivity index (χ1) is 16.1. The predicted octanol–water partition coefficient (Wildman–Crippen LogP) is 1.87. The summed E-state index contributed by atoms with van der Waals surface area (Å²) in [4.78, 5) is 35.5. The van der Waals surface area contributed by atoms with Crippen molar-refractivity contribution in [1.82, 2.24) is 30.2 Å². The number of ether oxygens (including phenoxy) is 1. The first kappa shape index (κ1) is 21.3. The van der Waals surface area contributed by atoms with E-state index in [1.165, 1.54) is 6.33 Å². The lowest BCUT2D eigenvalue weighted by Gasteiger charge is -2.26. The third-order valence-electron chi connectivity index (χ3n) is 6.01. The van der Waals surface area contributed by atoms with Gasteiger partial charge in [-0.05, 0) is 32.6 Å². The van der Waals surface area contributed by atoms with Crippen molar-refractivity contribution >= 4 is 29.0 Å². The zero-order valence-corrected chi connectivity index (χ0v) is 18.5. The molecule has 1 aliphatic heterocycles. The molecular weight excluding hydrogens is 422 g/mol. The van der Waals surface area contributed by atoms with Gasteiger partial charge in [-0.3, -0.25) is 4.79 Å². The van der Waals surface area contributed by atoms with E-state index in [0.717, 1.165) is 54.8 Å². The maximum atomic E-state index is 12.6. The standard InChI is InChI=1S/C23H27N7O3/c1-14(31)10-24-23(32)18-9-19(16-6-2-3-7-17(16)29-18)33-11-15-5-4-8-30(15)22-20-21(26-12-25-20)27-13-28-22/h2,6,9,12-15,31H,3-5,7-8,10-11H2,1H3,(H,24,32)(H,25,26,27,28)/t14?,15-/m1/s1. The van der Waals surface area contributed by atoms with E-state index in [4.69, 9.17) is 4.74 Å². The third kappa shape index (κ3) is 4.38. The number of aromatic amines is 1. The van der Waals surface area contributed by atoms with Gasteiger partial charge in [-0.1, -0.05) is 12.2 Å². The molecule has 1 amide bonds. The second-order valence-corrected chi connectivity index (χ2v) is 8.46. The molecule has 0 saturated carbocycles. The van der Waals surface area contributed by atoms with Gasteiger partial charge >= 0.3 is 0 Å². The molecule has 3 aromatic rings. The second kappa shape index (κ2) is 9.14. The van der Waals surface area contributed by atoms with E-state index in [1.807, 2.05) is 6.08 Å². The Morgan fingerprint density at radius 3 is 3.18 bits per heavy atom. The van der Waals surface area contributed by atoms with Crippen LogP contribution in [0.15, 0.2) is 24.8 Å². The highest BCUT2D eigenvalue weighted by Crippen LogP contribution is 2.31. The number of fused-ring (bicyclic) bond motifs is 2. The van der Waals surface area contributed by atoms with Gasteiger partial charge in [-0.15, -0.1) is 0 Å². The van der Waals surface area contributed by atoms with Gasteiger partial charge in [0.2, 0.25) is 0 Å². The van der Waals surface area contributed by atoms with Crippen molar-refractivity contribution in [1.29, 1.82) is 0 Å². The molecule has 3 aromatic heterocycles. The van der Waals surface area contributed by atoms with Crippen LogP contribution in [0, 0.1) is 0 Å². The summed E-state index contributed by atoms with van der Waals surface area (Å²) in [6.45, 7) is 3.13. The van der Waals surface area contributed by atoms with Gasteiger partial charge < -0.3 is 25.0 Å². The number of hydrogen-bond donors (Lipinski definition) is 3. The molecule has 10 heteroatoms. The van der Waals surface area contributed by atoms with Crippen LogP contribution >= 0.6 is 0 Å². The molecule has 2 aliphatic rings. The topological polar surface area (TPSA) is 129 Å². The monoisotopic (exact) mass is 449 g/mol. The number of rotatable bonds is 7. The number of imidazole rings is 1. The van der Waals surface area contributed by atoms with Crippen LogP contribution in [0.3, 0.4) is 0 Å². The summed E-state index contributed by atoms with van der Waals surface area (Å²) < 4.78 is 6.32. The van der Waals surface area contributed by atoms with Crippen molar-refractivity contribution < 1.29 is 14.6 Å². The Labute approximate surface area is 191 Å². The Kier molecular flexibility index (Phi) is 5.91. The van der Waals surface area contributed by atoms with Crippen molar-refractivity contribution in [3.05, 3.63) is 41.7 Å².